The predicted octanol–water partition coefficient (Wildman–Crippen LogP) is 4.28. The molecule has 2 heterocycles. The molecule has 0 amide bonds. The number of para-hydroxylation sites is 1. The molecule has 2 N–H and O–H groups in total. The summed E-state index contributed by atoms with van der Waals surface area (Å²) >= 11 is 5.47. The maximum absolute atomic E-state index is 13.0. The molecule has 1 aromatic heterocycles. The quantitative estimate of drug-likeness (QED) is 0.616. The second-order valence-corrected chi connectivity index (χ2v) is 8.02. The Morgan fingerprint density at radius 3 is 2.23 bits per heavy atom. The smallest absolute Gasteiger partial charge is 0.295 e. The van der Waals surface area contributed by atoms with Gasteiger partial charge in [-0.1, -0.05) is 18.2 Å². The third kappa shape index (κ3) is 4.11. The van der Waals surface area contributed by atoms with Crippen LogP contribution in [0.3, 0.4) is 0 Å². The molecule has 1 saturated heterocycles. The van der Waals surface area contributed by atoms with Gasteiger partial charge in [0.25, 0.3) is 5.56 Å². The van der Waals surface area contributed by atoms with E-state index in [-0.39, 0.29) is 5.56 Å². The van der Waals surface area contributed by atoms with E-state index >= 15 is 0 Å². The van der Waals surface area contributed by atoms with Crippen LogP contribution in [0.1, 0.15) is 25.0 Å². The standard InChI is InChI=1S/C23H27N5OS/c1-17-21(22(29)28(26(17)2)20-9-5-3-6-10-20)25-23(30)24-18-11-13-19(14-12-18)27-15-7-4-8-16-27/h3,5-6,9-14H,4,7-8,15-16H2,1-2H3,(H2,24,25,30). The van der Waals surface area contributed by atoms with E-state index in [1.165, 1.54) is 24.9 Å². The summed E-state index contributed by atoms with van der Waals surface area (Å²) in [6, 6.07) is 17.9. The number of nitrogens with zero attached hydrogens (tertiary/aromatic N) is 3. The van der Waals surface area contributed by atoms with Gasteiger partial charge in [-0.25, -0.2) is 4.68 Å². The van der Waals surface area contributed by atoms with Crippen LogP contribution < -0.4 is 21.1 Å². The molecular weight excluding hydrogens is 394 g/mol. The predicted molar refractivity (Wildman–Crippen MR) is 128 cm³/mol. The van der Waals surface area contributed by atoms with Crippen molar-refractivity contribution in [3.05, 3.63) is 70.6 Å². The number of piperidine rings is 1. The lowest BCUT2D eigenvalue weighted by Gasteiger charge is -2.28. The third-order valence-electron chi connectivity index (χ3n) is 5.64. The van der Waals surface area contributed by atoms with Gasteiger partial charge in [-0.3, -0.25) is 9.48 Å². The molecule has 4 rings (SSSR count). The van der Waals surface area contributed by atoms with Crippen molar-refractivity contribution in [3.63, 3.8) is 0 Å². The lowest BCUT2D eigenvalue weighted by atomic mass is 10.1. The second-order valence-electron chi connectivity index (χ2n) is 7.61. The monoisotopic (exact) mass is 421 g/mol. The number of benzene rings is 2. The molecule has 30 heavy (non-hydrogen) atoms. The van der Waals surface area contributed by atoms with E-state index in [0.717, 1.165) is 30.2 Å². The SMILES string of the molecule is Cc1c(NC(=S)Nc2ccc(N3CCCCC3)cc2)c(=O)n(-c2ccccc2)n1C. The maximum Gasteiger partial charge on any atom is 0.295 e. The molecule has 0 aliphatic carbocycles. The summed E-state index contributed by atoms with van der Waals surface area (Å²) in [6.07, 6.45) is 3.83. The van der Waals surface area contributed by atoms with Gasteiger partial charge in [0.05, 0.1) is 11.4 Å². The van der Waals surface area contributed by atoms with Gasteiger partial charge in [0.15, 0.2) is 5.11 Å². The van der Waals surface area contributed by atoms with Gasteiger partial charge in [0.1, 0.15) is 5.69 Å². The van der Waals surface area contributed by atoms with Gasteiger partial charge in [0, 0.05) is 31.5 Å². The summed E-state index contributed by atoms with van der Waals surface area (Å²) in [5, 5.41) is 6.67. The van der Waals surface area contributed by atoms with Gasteiger partial charge >= 0.3 is 0 Å². The highest BCUT2D eigenvalue weighted by Crippen LogP contribution is 2.22. The van der Waals surface area contributed by atoms with Crippen LogP contribution in [-0.4, -0.2) is 27.6 Å². The molecule has 0 bridgehead atoms. The Morgan fingerprint density at radius 2 is 1.57 bits per heavy atom. The van der Waals surface area contributed by atoms with Crippen LogP contribution in [0.25, 0.3) is 5.69 Å². The Hall–Kier alpha value is -3.06. The van der Waals surface area contributed by atoms with Crippen molar-refractivity contribution < 1.29 is 0 Å². The Morgan fingerprint density at radius 1 is 0.900 bits per heavy atom. The third-order valence-corrected chi connectivity index (χ3v) is 5.84. The normalized spacial score (nSPS) is 13.9. The molecule has 1 aliphatic heterocycles. The van der Waals surface area contributed by atoms with E-state index in [1.54, 1.807) is 4.68 Å². The molecule has 0 spiro atoms. The fourth-order valence-electron chi connectivity index (χ4n) is 3.90. The van der Waals surface area contributed by atoms with Crippen molar-refractivity contribution in [1.29, 1.82) is 0 Å². The zero-order valence-electron chi connectivity index (χ0n) is 17.4. The van der Waals surface area contributed by atoms with Crippen LogP contribution >= 0.6 is 12.2 Å². The Labute approximate surface area is 182 Å². The molecule has 0 atom stereocenters. The summed E-state index contributed by atoms with van der Waals surface area (Å²) in [7, 11) is 1.87. The van der Waals surface area contributed by atoms with Crippen LogP contribution in [-0.2, 0) is 7.05 Å². The van der Waals surface area contributed by atoms with E-state index in [2.05, 4.69) is 27.7 Å². The molecule has 0 saturated carbocycles. The van der Waals surface area contributed by atoms with Crippen molar-refractivity contribution in [2.75, 3.05) is 28.6 Å². The summed E-state index contributed by atoms with van der Waals surface area (Å²) in [4.78, 5) is 15.4. The molecule has 6 nitrogen and oxygen atoms in total. The Kier molecular flexibility index (Phi) is 5.90. The number of hydrogen-bond donors (Lipinski definition) is 2. The summed E-state index contributed by atoms with van der Waals surface area (Å²) in [6.45, 7) is 4.14. The highest BCUT2D eigenvalue weighted by molar-refractivity contribution is 7.80. The number of thiocarbonyl (C=S) groups is 1. The van der Waals surface area contributed by atoms with Crippen molar-refractivity contribution in [2.24, 2.45) is 7.05 Å². The minimum atomic E-state index is -0.134. The summed E-state index contributed by atoms with van der Waals surface area (Å²) in [5.74, 6) is 0. The molecular formula is C23H27N5OS. The van der Waals surface area contributed by atoms with Crippen molar-refractivity contribution in [2.45, 2.75) is 26.2 Å². The molecule has 0 unspecified atom stereocenters. The van der Waals surface area contributed by atoms with Crippen LogP contribution in [0, 0.1) is 6.92 Å². The molecule has 0 radical (unpaired) electrons. The Bertz CT molecular complexity index is 1080. The number of aromatic nitrogens is 2. The largest absolute Gasteiger partial charge is 0.372 e. The first-order chi connectivity index (χ1) is 14.5. The van der Waals surface area contributed by atoms with E-state index in [0.29, 0.717) is 10.8 Å². The minimum absolute atomic E-state index is 0.134. The van der Waals surface area contributed by atoms with E-state index in [9.17, 15) is 4.79 Å². The zero-order chi connectivity index (χ0) is 21.1. The van der Waals surface area contributed by atoms with E-state index in [4.69, 9.17) is 12.2 Å². The first kappa shape index (κ1) is 20.2. The van der Waals surface area contributed by atoms with Crippen molar-refractivity contribution in [3.8, 4) is 5.69 Å². The lowest BCUT2D eigenvalue weighted by molar-refractivity contribution is 0.578. The number of anilines is 3. The maximum atomic E-state index is 13.0. The van der Waals surface area contributed by atoms with Gasteiger partial charge in [0.2, 0.25) is 0 Å². The van der Waals surface area contributed by atoms with Crippen LogP contribution in [0.15, 0.2) is 59.4 Å². The average Bonchev–Trinajstić information content (AvgIpc) is 2.98. The molecule has 2 aromatic carbocycles. The first-order valence-corrected chi connectivity index (χ1v) is 10.7. The average molecular weight is 422 g/mol. The zero-order valence-corrected chi connectivity index (χ0v) is 18.2. The summed E-state index contributed by atoms with van der Waals surface area (Å²) < 4.78 is 3.46. The number of hydrogen-bond acceptors (Lipinski definition) is 3. The molecule has 3 aromatic rings. The van der Waals surface area contributed by atoms with E-state index in [1.807, 2.05) is 61.1 Å². The minimum Gasteiger partial charge on any atom is -0.372 e. The number of rotatable bonds is 4. The van der Waals surface area contributed by atoms with Crippen LogP contribution in [0.4, 0.5) is 17.1 Å². The van der Waals surface area contributed by atoms with Gasteiger partial charge < -0.3 is 15.5 Å². The van der Waals surface area contributed by atoms with Crippen molar-refractivity contribution in [1.82, 2.24) is 9.36 Å². The highest BCUT2D eigenvalue weighted by Gasteiger charge is 2.17. The Balaban J connectivity index is 1.47. The highest BCUT2D eigenvalue weighted by atomic mass is 32.1. The van der Waals surface area contributed by atoms with Crippen LogP contribution in [0.5, 0.6) is 0 Å². The van der Waals surface area contributed by atoms with Crippen molar-refractivity contribution >= 4 is 34.4 Å². The molecule has 156 valence electrons. The number of nitrogens with one attached hydrogen (secondary N) is 2. The fraction of sp³-hybridized carbons (Fsp3) is 0.304. The molecule has 1 fully saturated rings. The van der Waals surface area contributed by atoms with Gasteiger partial charge in [-0.05, 0) is 74.8 Å². The van der Waals surface area contributed by atoms with Crippen LogP contribution in [0.2, 0.25) is 0 Å². The topological polar surface area (TPSA) is 54.2 Å². The molecule has 7 heteroatoms. The van der Waals surface area contributed by atoms with Gasteiger partial charge in [-0.2, -0.15) is 0 Å². The summed E-state index contributed by atoms with van der Waals surface area (Å²) in [5.41, 5.74) is 4.10. The van der Waals surface area contributed by atoms with Gasteiger partial charge in [-0.15, -0.1) is 0 Å². The second kappa shape index (κ2) is 8.75. The first-order valence-electron chi connectivity index (χ1n) is 10.3. The fourth-order valence-corrected chi connectivity index (χ4v) is 4.12. The van der Waals surface area contributed by atoms with E-state index < -0.39 is 0 Å². The molecule has 1 aliphatic rings. The lowest BCUT2D eigenvalue weighted by Crippen LogP contribution is -2.29.